The normalized spacial score (nSPS) is 12.1. The minimum absolute atomic E-state index is 0.0601. The fourth-order valence-electron chi connectivity index (χ4n) is 2.84. The van der Waals surface area contributed by atoms with E-state index in [0.29, 0.717) is 0 Å². The summed E-state index contributed by atoms with van der Waals surface area (Å²) in [6.45, 7) is 6.59. The van der Waals surface area contributed by atoms with Crippen molar-refractivity contribution in [1.82, 2.24) is 9.97 Å². The zero-order valence-corrected chi connectivity index (χ0v) is 14.3. The molecule has 0 aliphatic heterocycles. The Morgan fingerprint density at radius 3 is 2.26 bits per heavy atom. The van der Waals surface area contributed by atoms with Crippen LogP contribution in [0.15, 0.2) is 54.6 Å². The Hall–Kier alpha value is -2.26. The predicted molar refractivity (Wildman–Crippen MR) is 99.1 cm³/mol. The van der Waals surface area contributed by atoms with Crippen LogP contribution in [0.4, 0.5) is 0 Å². The van der Waals surface area contributed by atoms with Gasteiger partial charge in [-0.3, -0.25) is 0 Å². The average molecular weight is 318 g/mol. The Bertz CT molecular complexity index is 995. The number of benzene rings is 2. The van der Waals surface area contributed by atoms with Gasteiger partial charge in [0.2, 0.25) is 0 Å². The molecular weight excluding hydrogens is 300 g/mol. The van der Waals surface area contributed by atoms with Gasteiger partial charge in [0.25, 0.3) is 0 Å². The number of fused-ring (bicyclic) bond motifs is 3. The number of rotatable bonds is 1. The predicted octanol–water partition coefficient (Wildman–Crippen LogP) is 5.81. The molecule has 0 radical (unpaired) electrons. The maximum Gasteiger partial charge on any atom is 0.143 e. The van der Waals surface area contributed by atoms with Crippen molar-refractivity contribution in [2.75, 3.05) is 0 Å². The Kier molecular flexibility index (Phi) is 3.20. The minimum Gasteiger partial charge on any atom is -0.247 e. The van der Waals surface area contributed by atoms with Gasteiger partial charge in [0, 0.05) is 21.1 Å². The number of nitrogens with zero attached hydrogens (tertiary/aromatic N) is 2. The third kappa shape index (κ3) is 2.41. The van der Waals surface area contributed by atoms with Crippen molar-refractivity contribution in [2.45, 2.75) is 26.2 Å². The molecule has 0 N–H and O–H groups in total. The molecular formula is C20H18N2S. The molecule has 4 aromatic rings. The van der Waals surface area contributed by atoms with Crippen molar-refractivity contribution in [3.63, 3.8) is 0 Å². The Morgan fingerprint density at radius 1 is 0.826 bits per heavy atom. The minimum atomic E-state index is -0.0601. The lowest BCUT2D eigenvalue weighted by molar-refractivity contribution is 0.571. The van der Waals surface area contributed by atoms with Gasteiger partial charge in [-0.1, -0.05) is 69.3 Å². The molecule has 23 heavy (non-hydrogen) atoms. The van der Waals surface area contributed by atoms with Crippen LogP contribution >= 0.6 is 11.3 Å². The first kappa shape index (κ1) is 14.3. The van der Waals surface area contributed by atoms with Gasteiger partial charge in [-0.2, -0.15) is 0 Å². The van der Waals surface area contributed by atoms with Crippen LogP contribution in [0.3, 0.4) is 0 Å². The Morgan fingerprint density at radius 2 is 1.52 bits per heavy atom. The topological polar surface area (TPSA) is 25.8 Å². The van der Waals surface area contributed by atoms with Crippen LogP contribution < -0.4 is 0 Å². The van der Waals surface area contributed by atoms with E-state index in [1.165, 1.54) is 10.1 Å². The van der Waals surface area contributed by atoms with Crippen molar-refractivity contribution >= 4 is 31.8 Å². The zero-order valence-electron chi connectivity index (χ0n) is 13.5. The molecule has 0 fully saturated rings. The van der Waals surface area contributed by atoms with E-state index in [1.54, 1.807) is 11.3 Å². The standard InChI is InChI=1S/C20H18N2S/c1-20(2,3)18-16(13-9-5-4-6-10-13)22-19-17(21-18)14-11-7-8-12-15(14)23-19/h4-12H,1-3H3. The molecule has 0 amide bonds. The molecule has 3 heteroatoms. The Balaban J connectivity index is 2.10. The Labute approximate surface area is 139 Å². The van der Waals surface area contributed by atoms with E-state index in [1.807, 2.05) is 6.07 Å². The van der Waals surface area contributed by atoms with Crippen LogP contribution in [0.1, 0.15) is 26.5 Å². The number of thiophene rings is 1. The van der Waals surface area contributed by atoms with E-state index in [-0.39, 0.29) is 5.41 Å². The largest absolute Gasteiger partial charge is 0.247 e. The van der Waals surface area contributed by atoms with Gasteiger partial charge >= 0.3 is 0 Å². The summed E-state index contributed by atoms with van der Waals surface area (Å²) in [7, 11) is 0. The van der Waals surface area contributed by atoms with Gasteiger partial charge in [-0.15, -0.1) is 11.3 Å². The summed E-state index contributed by atoms with van der Waals surface area (Å²) >= 11 is 1.72. The van der Waals surface area contributed by atoms with Gasteiger partial charge in [-0.05, 0) is 6.07 Å². The van der Waals surface area contributed by atoms with Crippen LogP contribution in [-0.4, -0.2) is 9.97 Å². The summed E-state index contributed by atoms with van der Waals surface area (Å²) < 4.78 is 1.24. The summed E-state index contributed by atoms with van der Waals surface area (Å²) in [6.07, 6.45) is 0. The van der Waals surface area contributed by atoms with Crippen molar-refractivity contribution in [3.8, 4) is 11.3 Å². The number of hydrogen-bond donors (Lipinski definition) is 0. The number of aromatic nitrogens is 2. The zero-order chi connectivity index (χ0) is 16.0. The summed E-state index contributed by atoms with van der Waals surface area (Å²) in [6, 6.07) is 18.8. The summed E-state index contributed by atoms with van der Waals surface area (Å²) in [5, 5.41) is 1.20. The molecule has 0 saturated carbocycles. The molecule has 2 heterocycles. The second kappa shape index (κ2) is 5.14. The first-order valence-electron chi connectivity index (χ1n) is 7.79. The van der Waals surface area contributed by atoms with Crippen LogP contribution in [0.25, 0.3) is 31.7 Å². The highest BCUT2D eigenvalue weighted by Crippen LogP contribution is 2.37. The van der Waals surface area contributed by atoms with E-state index in [9.17, 15) is 0 Å². The van der Waals surface area contributed by atoms with Crippen LogP contribution in [-0.2, 0) is 5.41 Å². The van der Waals surface area contributed by atoms with Gasteiger partial charge in [0.15, 0.2) is 0 Å². The van der Waals surface area contributed by atoms with E-state index in [4.69, 9.17) is 9.97 Å². The lowest BCUT2D eigenvalue weighted by Crippen LogP contribution is -2.16. The average Bonchev–Trinajstić information content (AvgIpc) is 2.91. The first-order valence-corrected chi connectivity index (χ1v) is 8.61. The summed E-state index contributed by atoms with van der Waals surface area (Å²) in [5.74, 6) is 0. The molecule has 2 nitrogen and oxygen atoms in total. The van der Waals surface area contributed by atoms with Crippen molar-refractivity contribution < 1.29 is 0 Å². The lowest BCUT2D eigenvalue weighted by atomic mass is 9.88. The van der Waals surface area contributed by atoms with E-state index in [2.05, 4.69) is 69.3 Å². The third-order valence-corrected chi connectivity index (χ3v) is 5.02. The molecule has 0 unspecified atom stereocenters. The molecule has 2 aromatic carbocycles. The maximum absolute atomic E-state index is 5.06. The quantitative estimate of drug-likeness (QED) is 0.442. The molecule has 4 rings (SSSR count). The van der Waals surface area contributed by atoms with Gasteiger partial charge < -0.3 is 0 Å². The molecule has 0 spiro atoms. The van der Waals surface area contributed by atoms with E-state index >= 15 is 0 Å². The second-order valence-corrected chi connectivity index (χ2v) is 7.82. The van der Waals surface area contributed by atoms with Crippen LogP contribution in [0.2, 0.25) is 0 Å². The molecule has 0 saturated heterocycles. The fourth-order valence-corrected chi connectivity index (χ4v) is 3.86. The van der Waals surface area contributed by atoms with Gasteiger partial charge in [0.1, 0.15) is 10.3 Å². The highest BCUT2D eigenvalue weighted by Gasteiger charge is 2.24. The SMILES string of the molecule is CC(C)(C)c1nc2c(nc1-c1ccccc1)sc1ccccc12. The van der Waals surface area contributed by atoms with E-state index in [0.717, 1.165) is 27.3 Å². The maximum atomic E-state index is 5.06. The van der Waals surface area contributed by atoms with Crippen LogP contribution in [0, 0.1) is 0 Å². The molecule has 0 aliphatic rings. The lowest BCUT2D eigenvalue weighted by Gasteiger charge is -2.21. The fraction of sp³-hybridized carbons (Fsp3) is 0.200. The highest BCUT2D eigenvalue weighted by atomic mass is 32.1. The van der Waals surface area contributed by atoms with Crippen LogP contribution in [0.5, 0.6) is 0 Å². The summed E-state index contributed by atoms with van der Waals surface area (Å²) in [4.78, 5) is 11.1. The highest BCUT2D eigenvalue weighted by molar-refractivity contribution is 7.25. The first-order chi connectivity index (χ1) is 11.0. The molecule has 2 aromatic heterocycles. The smallest absolute Gasteiger partial charge is 0.143 e. The van der Waals surface area contributed by atoms with E-state index < -0.39 is 0 Å². The monoisotopic (exact) mass is 318 g/mol. The molecule has 114 valence electrons. The van der Waals surface area contributed by atoms with Gasteiger partial charge in [0.05, 0.1) is 11.4 Å². The third-order valence-electron chi connectivity index (χ3n) is 3.97. The van der Waals surface area contributed by atoms with Crippen molar-refractivity contribution in [3.05, 3.63) is 60.3 Å². The second-order valence-electron chi connectivity index (χ2n) is 6.79. The molecule has 0 atom stereocenters. The number of hydrogen-bond acceptors (Lipinski definition) is 3. The summed E-state index contributed by atoms with van der Waals surface area (Å²) in [5.41, 5.74) is 4.14. The van der Waals surface area contributed by atoms with Gasteiger partial charge in [-0.25, -0.2) is 9.97 Å². The van der Waals surface area contributed by atoms with Crippen molar-refractivity contribution in [1.29, 1.82) is 0 Å². The molecule has 0 aliphatic carbocycles. The molecule has 0 bridgehead atoms. The van der Waals surface area contributed by atoms with Crippen molar-refractivity contribution in [2.24, 2.45) is 0 Å².